The Morgan fingerprint density at radius 1 is 1.08 bits per heavy atom. The lowest BCUT2D eigenvalue weighted by Crippen LogP contribution is -2.31. The van der Waals surface area contributed by atoms with E-state index in [1.54, 1.807) is 24.3 Å². The van der Waals surface area contributed by atoms with E-state index in [1.165, 1.54) is 0 Å². The number of sulfone groups is 1. The number of nitrogens with one attached hydrogen (secondary N) is 1. The molecule has 6 heteroatoms. The Morgan fingerprint density at radius 2 is 1.64 bits per heavy atom. The highest BCUT2D eigenvalue weighted by Crippen LogP contribution is 2.22. The van der Waals surface area contributed by atoms with Gasteiger partial charge < -0.3 is 10.1 Å². The van der Waals surface area contributed by atoms with Crippen LogP contribution in [0.15, 0.2) is 47.4 Å². The topological polar surface area (TPSA) is 72.5 Å². The van der Waals surface area contributed by atoms with Gasteiger partial charge in [0.1, 0.15) is 5.75 Å². The first-order valence-corrected chi connectivity index (χ1v) is 9.86. The summed E-state index contributed by atoms with van der Waals surface area (Å²) in [4.78, 5) is 12.4. The van der Waals surface area contributed by atoms with Crippen molar-refractivity contribution in [1.82, 2.24) is 5.32 Å². The lowest BCUT2D eigenvalue weighted by molar-refractivity contribution is -0.123. The number of hydrogen-bond donors (Lipinski definition) is 1. The molecule has 1 N–H and O–H groups in total. The fourth-order valence-corrected chi connectivity index (χ4v) is 3.17. The van der Waals surface area contributed by atoms with Gasteiger partial charge in [-0.3, -0.25) is 4.79 Å². The van der Waals surface area contributed by atoms with Gasteiger partial charge in [0.25, 0.3) is 5.91 Å². The zero-order chi connectivity index (χ0) is 18.6. The normalized spacial score (nSPS) is 12.5. The van der Waals surface area contributed by atoms with Crippen molar-refractivity contribution in [1.29, 1.82) is 0 Å². The largest absolute Gasteiger partial charge is 0.483 e. The highest BCUT2D eigenvalue weighted by atomic mass is 32.2. The van der Waals surface area contributed by atoms with Crippen molar-refractivity contribution in [3.8, 4) is 5.75 Å². The molecule has 1 amide bonds. The molecule has 5 nitrogen and oxygen atoms in total. The minimum absolute atomic E-state index is 0.0720. The molecular weight excluding hydrogens is 338 g/mol. The molecule has 1 unspecified atom stereocenters. The summed E-state index contributed by atoms with van der Waals surface area (Å²) in [7, 11) is -3.22. The third-order valence-electron chi connectivity index (χ3n) is 3.94. The van der Waals surface area contributed by atoms with Crippen molar-refractivity contribution in [2.24, 2.45) is 0 Å². The maximum atomic E-state index is 12.1. The fourth-order valence-electron chi connectivity index (χ4n) is 2.53. The van der Waals surface area contributed by atoms with E-state index in [4.69, 9.17) is 4.74 Å². The van der Waals surface area contributed by atoms with Gasteiger partial charge in [-0.15, -0.1) is 0 Å². The summed E-state index contributed by atoms with van der Waals surface area (Å²) in [6.07, 6.45) is 1.16. The number of ether oxygens (including phenoxy) is 1. The lowest BCUT2D eigenvalue weighted by atomic mass is 10.1. The Bertz CT molecular complexity index is 837. The second kappa shape index (κ2) is 7.70. The second-order valence-corrected chi connectivity index (χ2v) is 8.16. The predicted molar refractivity (Wildman–Crippen MR) is 97.5 cm³/mol. The second-order valence-electron chi connectivity index (χ2n) is 6.14. The Hall–Kier alpha value is -2.34. The third-order valence-corrected chi connectivity index (χ3v) is 5.07. The molecular formula is C19H23NO4S. The van der Waals surface area contributed by atoms with Crippen LogP contribution in [-0.2, 0) is 14.6 Å². The van der Waals surface area contributed by atoms with Gasteiger partial charge in [-0.25, -0.2) is 8.42 Å². The average Bonchev–Trinajstić information content (AvgIpc) is 2.53. The van der Waals surface area contributed by atoms with Gasteiger partial charge in [-0.1, -0.05) is 30.3 Å². The number of amides is 1. The first-order valence-electron chi connectivity index (χ1n) is 7.97. The highest BCUT2D eigenvalue weighted by Gasteiger charge is 2.13. The first kappa shape index (κ1) is 19.0. The summed E-state index contributed by atoms with van der Waals surface area (Å²) in [5.74, 6) is 0.491. The Labute approximate surface area is 148 Å². The van der Waals surface area contributed by atoms with E-state index in [0.717, 1.165) is 28.7 Å². The summed E-state index contributed by atoms with van der Waals surface area (Å²) in [5.41, 5.74) is 2.79. The van der Waals surface area contributed by atoms with Gasteiger partial charge in [-0.2, -0.15) is 0 Å². The summed E-state index contributed by atoms with van der Waals surface area (Å²) in [6.45, 7) is 5.64. The van der Waals surface area contributed by atoms with Crippen LogP contribution < -0.4 is 10.1 Å². The van der Waals surface area contributed by atoms with E-state index in [0.29, 0.717) is 0 Å². The number of rotatable bonds is 6. The van der Waals surface area contributed by atoms with Crippen LogP contribution in [0.2, 0.25) is 0 Å². The number of benzene rings is 2. The molecule has 0 bridgehead atoms. The molecule has 1 atom stereocenters. The minimum atomic E-state index is -3.22. The number of aryl methyl sites for hydroxylation is 2. The molecule has 134 valence electrons. The van der Waals surface area contributed by atoms with E-state index < -0.39 is 9.84 Å². The van der Waals surface area contributed by atoms with Crippen LogP contribution in [0.4, 0.5) is 0 Å². The Kier molecular flexibility index (Phi) is 5.85. The maximum Gasteiger partial charge on any atom is 0.258 e. The van der Waals surface area contributed by atoms with Crippen molar-refractivity contribution >= 4 is 15.7 Å². The SMILES string of the molecule is Cc1cccc(C)c1OCC(=O)NC(C)c1ccc(S(C)(=O)=O)cc1. The molecule has 2 aromatic carbocycles. The molecule has 0 saturated carbocycles. The quantitative estimate of drug-likeness (QED) is 0.858. The van der Waals surface area contributed by atoms with Gasteiger partial charge in [-0.05, 0) is 49.6 Å². The number of carbonyl (C=O) groups excluding carboxylic acids is 1. The van der Waals surface area contributed by atoms with Crippen LogP contribution in [0.1, 0.15) is 29.7 Å². The zero-order valence-electron chi connectivity index (χ0n) is 14.9. The summed E-state index contributed by atoms with van der Waals surface area (Å²) in [6, 6.07) is 12.1. The predicted octanol–water partition coefficient (Wildman–Crippen LogP) is 2.96. The van der Waals surface area contributed by atoms with E-state index >= 15 is 0 Å². The standard InChI is InChI=1S/C19H23NO4S/c1-13-6-5-7-14(2)19(13)24-12-18(21)20-15(3)16-8-10-17(11-9-16)25(4,22)23/h5-11,15H,12H2,1-4H3,(H,20,21). The Morgan fingerprint density at radius 3 is 2.16 bits per heavy atom. The van der Waals surface area contributed by atoms with Gasteiger partial charge in [0.05, 0.1) is 10.9 Å². The summed E-state index contributed by atoms with van der Waals surface area (Å²) < 4.78 is 28.6. The van der Waals surface area contributed by atoms with Crippen molar-refractivity contribution < 1.29 is 17.9 Å². The molecule has 2 rings (SSSR count). The van der Waals surface area contributed by atoms with Crippen LogP contribution in [0, 0.1) is 13.8 Å². The van der Waals surface area contributed by atoms with Gasteiger partial charge in [0.2, 0.25) is 0 Å². The van der Waals surface area contributed by atoms with Crippen LogP contribution in [0.3, 0.4) is 0 Å². The average molecular weight is 361 g/mol. The maximum absolute atomic E-state index is 12.1. The number of carbonyl (C=O) groups is 1. The molecule has 2 aromatic rings. The smallest absolute Gasteiger partial charge is 0.258 e. The van der Waals surface area contributed by atoms with Crippen molar-refractivity contribution in [3.05, 3.63) is 59.2 Å². The van der Waals surface area contributed by atoms with Crippen molar-refractivity contribution in [2.75, 3.05) is 12.9 Å². The van der Waals surface area contributed by atoms with E-state index in [9.17, 15) is 13.2 Å². The number of hydrogen-bond acceptors (Lipinski definition) is 4. The highest BCUT2D eigenvalue weighted by molar-refractivity contribution is 7.90. The first-order chi connectivity index (χ1) is 11.7. The van der Waals surface area contributed by atoms with Gasteiger partial charge >= 0.3 is 0 Å². The molecule has 0 radical (unpaired) electrons. The van der Waals surface area contributed by atoms with Gasteiger partial charge in [0, 0.05) is 6.26 Å². The van der Waals surface area contributed by atoms with Crippen LogP contribution in [0.5, 0.6) is 5.75 Å². The van der Waals surface area contributed by atoms with Crippen molar-refractivity contribution in [3.63, 3.8) is 0 Å². The molecule has 0 aliphatic rings. The molecule has 25 heavy (non-hydrogen) atoms. The lowest BCUT2D eigenvalue weighted by Gasteiger charge is -2.16. The fraction of sp³-hybridized carbons (Fsp3) is 0.316. The molecule has 0 spiro atoms. The van der Waals surface area contributed by atoms with E-state index in [2.05, 4.69) is 5.32 Å². The third kappa shape index (κ3) is 5.06. The molecule has 0 aromatic heterocycles. The number of para-hydroxylation sites is 1. The van der Waals surface area contributed by atoms with E-state index in [-0.39, 0.29) is 23.5 Å². The molecule has 0 aliphatic carbocycles. The van der Waals surface area contributed by atoms with Crippen LogP contribution >= 0.6 is 0 Å². The summed E-state index contributed by atoms with van der Waals surface area (Å²) in [5, 5.41) is 2.85. The Balaban J connectivity index is 1.96. The molecule has 0 fully saturated rings. The van der Waals surface area contributed by atoms with Crippen LogP contribution in [-0.4, -0.2) is 27.2 Å². The van der Waals surface area contributed by atoms with Crippen LogP contribution in [0.25, 0.3) is 0 Å². The molecule has 0 aliphatic heterocycles. The zero-order valence-corrected chi connectivity index (χ0v) is 15.7. The molecule has 0 saturated heterocycles. The molecule has 0 heterocycles. The van der Waals surface area contributed by atoms with Crippen molar-refractivity contribution in [2.45, 2.75) is 31.7 Å². The minimum Gasteiger partial charge on any atom is -0.483 e. The van der Waals surface area contributed by atoms with Gasteiger partial charge in [0.15, 0.2) is 16.4 Å². The van der Waals surface area contributed by atoms with E-state index in [1.807, 2.05) is 39.0 Å². The monoisotopic (exact) mass is 361 g/mol. The summed E-state index contributed by atoms with van der Waals surface area (Å²) >= 11 is 0.